The number of ether oxygens (including phenoxy) is 1. The molecule has 1 fully saturated rings. The lowest BCUT2D eigenvalue weighted by Gasteiger charge is -2.10. The van der Waals surface area contributed by atoms with Gasteiger partial charge in [0, 0.05) is 25.0 Å². The van der Waals surface area contributed by atoms with Crippen LogP contribution in [-0.4, -0.2) is 25.2 Å². The number of benzene rings is 1. The molecule has 0 saturated carbocycles. The number of halogens is 2. The van der Waals surface area contributed by atoms with Crippen LogP contribution in [0.5, 0.6) is 0 Å². The zero-order valence-electron chi connectivity index (χ0n) is 11.7. The van der Waals surface area contributed by atoms with Gasteiger partial charge in [-0.3, -0.25) is 4.79 Å². The number of rotatable bonds is 5. The van der Waals surface area contributed by atoms with Crippen molar-refractivity contribution in [1.82, 2.24) is 5.32 Å². The number of nitriles is 1. The molecule has 1 heterocycles. The van der Waals surface area contributed by atoms with Gasteiger partial charge in [-0.2, -0.15) is 5.26 Å². The second-order valence-electron chi connectivity index (χ2n) is 4.79. The zero-order valence-corrected chi connectivity index (χ0v) is 13.2. The molecule has 1 amide bonds. The van der Waals surface area contributed by atoms with Crippen molar-refractivity contribution in [3.8, 4) is 6.07 Å². The summed E-state index contributed by atoms with van der Waals surface area (Å²) in [5.74, 6) is -0.439. The molecule has 116 valence electrons. The Balaban J connectivity index is 1.92. The topological polar surface area (TPSA) is 74.2 Å². The maximum Gasteiger partial charge on any atom is 0.263 e. The largest absolute Gasteiger partial charge is 0.376 e. The Hall–Kier alpha value is -1.74. The molecule has 1 aromatic carbocycles. The molecule has 0 aromatic heterocycles. The molecule has 1 aromatic rings. The highest BCUT2D eigenvalue weighted by molar-refractivity contribution is 6.42. The van der Waals surface area contributed by atoms with Gasteiger partial charge >= 0.3 is 0 Å². The van der Waals surface area contributed by atoms with Gasteiger partial charge in [0.2, 0.25) is 0 Å². The van der Waals surface area contributed by atoms with Gasteiger partial charge in [-0.05, 0) is 31.0 Å². The summed E-state index contributed by atoms with van der Waals surface area (Å²) in [6.07, 6.45) is 3.30. The van der Waals surface area contributed by atoms with Crippen molar-refractivity contribution < 1.29 is 9.53 Å². The minimum atomic E-state index is -0.439. The van der Waals surface area contributed by atoms with Crippen LogP contribution >= 0.6 is 23.2 Å². The van der Waals surface area contributed by atoms with E-state index in [0.717, 1.165) is 19.4 Å². The molecular weight excluding hydrogens is 325 g/mol. The Morgan fingerprint density at radius 3 is 2.91 bits per heavy atom. The summed E-state index contributed by atoms with van der Waals surface area (Å²) >= 11 is 11.7. The van der Waals surface area contributed by atoms with E-state index in [9.17, 15) is 4.79 Å². The number of nitrogens with zero attached hydrogens (tertiary/aromatic N) is 1. The van der Waals surface area contributed by atoms with Crippen molar-refractivity contribution in [3.63, 3.8) is 0 Å². The molecule has 2 rings (SSSR count). The predicted molar refractivity (Wildman–Crippen MR) is 85.8 cm³/mol. The quantitative estimate of drug-likeness (QED) is 0.638. The Morgan fingerprint density at radius 2 is 2.27 bits per heavy atom. The van der Waals surface area contributed by atoms with Gasteiger partial charge in [0.15, 0.2) is 0 Å². The van der Waals surface area contributed by atoms with Gasteiger partial charge in [0.05, 0.1) is 16.1 Å². The van der Waals surface area contributed by atoms with Crippen LogP contribution in [0.1, 0.15) is 12.8 Å². The van der Waals surface area contributed by atoms with Crippen LogP contribution < -0.4 is 10.6 Å². The van der Waals surface area contributed by atoms with E-state index in [1.54, 1.807) is 18.2 Å². The first kappa shape index (κ1) is 16.6. The van der Waals surface area contributed by atoms with Crippen LogP contribution in [0.15, 0.2) is 30.0 Å². The molecule has 7 heteroatoms. The fourth-order valence-electron chi connectivity index (χ4n) is 2.00. The Bertz CT molecular complexity index is 620. The molecule has 1 atom stereocenters. The zero-order chi connectivity index (χ0) is 15.9. The lowest BCUT2D eigenvalue weighted by Crippen LogP contribution is -2.32. The smallest absolute Gasteiger partial charge is 0.263 e. The van der Waals surface area contributed by atoms with Crippen LogP contribution in [0, 0.1) is 11.3 Å². The van der Waals surface area contributed by atoms with Crippen molar-refractivity contribution >= 4 is 34.8 Å². The van der Waals surface area contributed by atoms with Crippen LogP contribution in [0.2, 0.25) is 10.0 Å². The summed E-state index contributed by atoms with van der Waals surface area (Å²) in [6, 6.07) is 6.80. The van der Waals surface area contributed by atoms with E-state index in [4.69, 9.17) is 33.2 Å². The fourth-order valence-corrected chi connectivity index (χ4v) is 2.30. The van der Waals surface area contributed by atoms with Gasteiger partial charge in [0.25, 0.3) is 5.91 Å². The average molecular weight is 340 g/mol. The van der Waals surface area contributed by atoms with Crippen LogP contribution in [0.4, 0.5) is 5.69 Å². The standard InChI is InChI=1S/C15H15Cl2N3O2/c16-13-4-3-11(6-14(13)17)19-8-10(7-18)15(21)20-9-12-2-1-5-22-12/h3-4,6,8,12,19H,1-2,5,9H2,(H,20,21)/b10-8-. The lowest BCUT2D eigenvalue weighted by molar-refractivity contribution is -0.117. The number of anilines is 1. The molecule has 5 nitrogen and oxygen atoms in total. The summed E-state index contributed by atoms with van der Waals surface area (Å²) in [6.45, 7) is 1.13. The Kier molecular flexibility index (Phi) is 6.08. The molecule has 1 saturated heterocycles. The van der Waals surface area contributed by atoms with E-state index in [-0.39, 0.29) is 11.7 Å². The van der Waals surface area contributed by atoms with Crippen LogP contribution in [0.25, 0.3) is 0 Å². The molecule has 1 aliphatic rings. The molecule has 0 aliphatic carbocycles. The summed E-state index contributed by atoms with van der Waals surface area (Å²) in [4.78, 5) is 11.9. The molecule has 0 spiro atoms. The van der Waals surface area contributed by atoms with Crippen LogP contribution in [-0.2, 0) is 9.53 Å². The fraction of sp³-hybridized carbons (Fsp3) is 0.333. The summed E-state index contributed by atoms with van der Waals surface area (Å²) in [5.41, 5.74) is 0.609. The summed E-state index contributed by atoms with van der Waals surface area (Å²) in [7, 11) is 0. The number of hydrogen-bond acceptors (Lipinski definition) is 4. The molecule has 0 bridgehead atoms. The number of nitrogens with one attached hydrogen (secondary N) is 2. The van der Waals surface area contributed by atoms with E-state index in [1.165, 1.54) is 6.20 Å². The third-order valence-electron chi connectivity index (χ3n) is 3.18. The van der Waals surface area contributed by atoms with Gasteiger partial charge in [-0.25, -0.2) is 0 Å². The Labute approximate surface area is 138 Å². The molecular formula is C15H15Cl2N3O2. The molecule has 2 N–H and O–H groups in total. The van der Waals surface area contributed by atoms with E-state index in [0.29, 0.717) is 22.3 Å². The maximum atomic E-state index is 11.9. The lowest BCUT2D eigenvalue weighted by atomic mass is 10.2. The van der Waals surface area contributed by atoms with E-state index < -0.39 is 5.91 Å². The molecule has 22 heavy (non-hydrogen) atoms. The average Bonchev–Trinajstić information content (AvgIpc) is 3.02. The summed E-state index contributed by atoms with van der Waals surface area (Å²) in [5, 5.41) is 15.4. The highest BCUT2D eigenvalue weighted by Gasteiger charge is 2.17. The highest BCUT2D eigenvalue weighted by atomic mass is 35.5. The third kappa shape index (κ3) is 4.63. The molecule has 0 radical (unpaired) electrons. The van der Waals surface area contributed by atoms with Gasteiger partial charge in [0.1, 0.15) is 11.6 Å². The van der Waals surface area contributed by atoms with Gasteiger partial charge < -0.3 is 15.4 Å². The van der Waals surface area contributed by atoms with E-state index >= 15 is 0 Å². The molecule has 1 aliphatic heterocycles. The number of amides is 1. The first-order chi connectivity index (χ1) is 10.6. The first-order valence-electron chi connectivity index (χ1n) is 6.82. The normalized spacial score (nSPS) is 17.9. The third-order valence-corrected chi connectivity index (χ3v) is 3.92. The predicted octanol–water partition coefficient (Wildman–Crippen LogP) is 3.11. The van der Waals surface area contributed by atoms with E-state index in [2.05, 4.69) is 10.6 Å². The maximum absolute atomic E-state index is 11.9. The molecule has 1 unspecified atom stereocenters. The van der Waals surface area contributed by atoms with E-state index in [1.807, 2.05) is 6.07 Å². The van der Waals surface area contributed by atoms with Crippen molar-refractivity contribution in [1.29, 1.82) is 5.26 Å². The first-order valence-corrected chi connectivity index (χ1v) is 7.57. The SMILES string of the molecule is N#C/C(=C/Nc1ccc(Cl)c(Cl)c1)C(=O)NCC1CCCO1. The summed E-state index contributed by atoms with van der Waals surface area (Å²) < 4.78 is 5.41. The van der Waals surface area contributed by atoms with Crippen molar-refractivity contribution in [3.05, 3.63) is 40.0 Å². The second-order valence-corrected chi connectivity index (χ2v) is 5.60. The number of carbonyl (C=O) groups excluding carboxylic acids is 1. The highest BCUT2D eigenvalue weighted by Crippen LogP contribution is 2.25. The second kappa shape index (κ2) is 8.04. The van der Waals surface area contributed by atoms with Crippen LogP contribution in [0.3, 0.4) is 0 Å². The minimum absolute atomic E-state index is 0.0240. The number of carbonyl (C=O) groups is 1. The minimum Gasteiger partial charge on any atom is -0.376 e. The monoisotopic (exact) mass is 339 g/mol. The van der Waals surface area contributed by atoms with Crippen molar-refractivity contribution in [2.45, 2.75) is 18.9 Å². The number of hydrogen-bond donors (Lipinski definition) is 2. The van der Waals surface area contributed by atoms with Gasteiger partial charge in [-0.1, -0.05) is 23.2 Å². The van der Waals surface area contributed by atoms with Crippen molar-refractivity contribution in [2.75, 3.05) is 18.5 Å². The van der Waals surface area contributed by atoms with Crippen molar-refractivity contribution in [2.24, 2.45) is 0 Å². The van der Waals surface area contributed by atoms with Gasteiger partial charge in [-0.15, -0.1) is 0 Å². The Morgan fingerprint density at radius 1 is 1.45 bits per heavy atom.